The van der Waals surface area contributed by atoms with Gasteiger partial charge in [-0.3, -0.25) is 0 Å². The molecular formula is C22H30N4O2. The Morgan fingerprint density at radius 3 is 2.14 bits per heavy atom. The van der Waals surface area contributed by atoms with Crippen molar-refractivity contribution in [3.63, 3.8) is 0 Å². The lowest BCUT2D eigenvalue weighted by atomic mass is 10.1. The maximum absolute atomic E-state index is 6.20. The average molecular weight is 383 g/mol. The topological polar surface area (TPSA) is 50.7 Å². The molecule has 0 radical (unpaired) electrons. The van der Waals surface area contributed by atoms with E-state index in [0.29, 0.717) is 12.0 Å². The number of ether oxygens (including phenoxy) is 2. The molecule has 0 aliphatic carbocycles. The molecule has 0 bridgehead atoms. The summed E-state index contributed by atoms with van der Waals surface area (Å²) in [5.74, 6) is 2.72. The number of nitrogens with zero attached hydrogens (tertiary/aromatic N) is 4. The molecule has 3 aliphatic rings. The monoisotopic (exact) mass is 382 g/mol. The number of hydrogen-bond acceptors (Lipinski definition) is 6. The summed E-state index contributed by atoms with van der Waals surface area (Å²) in [7, 11) is 0. The third-order valence-electron chi connectivity index (χ3n) is 6.27. The minimum absolute atomic E-state index is 0.362. The van der Waals surface area contributed by atoms with Crippen LogP contribution in [-0.4, -0.2) is 62.1 Å². The lowest BCUT2D eigenvalue weighted by Crippen LogP contribution is -2.39. The van der Waals surface area contributed by atoms with E-state index in [-0.39, 0.29) is 0 Å². The van der Waals surface area contributed by atoms with Crippen LogP contribution in [0.3, 0.4) is 0 Å². The van der Waals surface area contributed by atoms with Crippen molar-refractivity contribution in [2.45, 2.75) is 38.2 Å². The van der Waals surface area contributed by atoms with Gasteiger partial charge < -0.3 is 19.3 Å². The van der Waals surface area contributed by atoms with E-state index in [9.17, 15) is 0 Å². The summed E-state index contributed by atoms with van der Waals surface area (Å²) in [6, 6.07) is 8.23. The summed E-state index contributed by atoms with van der Waals surface area (Å²) in [4.78, 5) is 14.9. The normalized spacial score (nSPS) is 23.8. The summed E-state index contributed by atoms with van der Waals surface area (Å²) >= 11 is 0. The fourth-order valence-corrected chi connectivity index (χ4v) is 4.56. The summed E-state index contributed by atoms with van der Waals surface area (Å²) in [5.41, 5.74) is 1.98. The van der Waals surface area contributed by atoms with E-state index in [1.54, 1.807) is 0 Å². The quantitative estimate of drug-likeness (QED) is 0.791. The predicted octanol–water partition coefficient (Wildman–Crippen LogP) is 3.25. The van der Waals surface area contributed by atoms with Crippen LogP contribution in [0.2, 0.25) is 0 Å². The van der Waals surface area contributed by atoms with E-state index in [4.69, 9.17) is 19.4 Å². The second kappa shape index (κ2) is 8.21. The Labute approximate surface area is 166 Å². The van der Waals surface area contributed by atoms with Gasteiger partial charge in [0.05, 0.1) is 30.4 Å². The highest BCUT2D eigenvalue weighted by molar-refractivity contribution is 5.81. The minimum atomic E-state index is 0.362. The number of aromatic nitrogens is 2. The van der Waals surface area contributed by atoms with Gasteiger partial charge in [0.25, 0.3) is 0 Å². The van der Waals surface area contributed by atoms with Crippen LogP contribution in [0.25, 0.3) is 11.0 Å². The van der Waals surface area contributed by atoms with Crippen LogP contribution in [0.5, 0.6) is 0 Å². The van der Waals surface area contributed by atoms with Crippen LogP contribution in [0.4, 0.5) is 11.6 Å². The molecule has 3 aliphatic heterocycles. The van der Waals surface area contributed by atoms with Gasteiger partial charge in [0, 0.05) is 38.7 Å². The van der Waals surface area contributed by atoms with Crippen LogP contribution < -0.4 is 9.80 Å². The first kappa shape index (κ1) is 18.1. The first-order valence-electron chi connectivity index (χ1n) is 10.8. The molecule has 5 rings (SSSR count). The Balaban J connectivity index is 1.30. The van der Waals surface area contributed by atoms with Crippen LogP contribution in [0, 0.1) is 5.92 Å². The predicted molar refractivity (Wildman–Crippen MR) is 111 cm³/mol. The fraction of sp³-hybridized carbons (Fsp3) is 0.636. The van der Waals surface area contributed by atoms with E-state index in [0.717, 1.165) is 87.9 Å². The van der Waals surface area contributed by atoms with E-state index in [2.05, 4.69) is 21.9 Å². The van der Waals surface area contributed by atoms with Crippen LogP contribution in [0.15, 0.2) is 24.3 Å². The molecule has 1 aromatic carbocycles. The van der Waals surface area contributed by atoms with Gasteiger partial charge in [-0.2, -0.15) is 0 Å². The average Bonchev–Trinajstić information content (AvgIpc) is 3.46. The number of anilines is 2. The molecule has 1 unspecified atom stereocenters. The zero-order valence-corrected chi connectivity index (χ0v) is 16.6. The molecule has 6 heteroatoms. The van der Waals surface area contributed by atoms with Gasteiger partial charge in [-0.05, 0) is 44.2 Å². The van der Waals surface area contributed by atoms with Crippen LogP contribution >= 0.6 is 0 Å². The summed E-state index contributed by atoms with van der Waals surface area (Å²) in [6.45, 7) is 6.75. The molecule has 3 saturated heterocycles. The third kappa shape index (κ3) is 3.80. The van der Waals surface area contributed by atoms with Crippen molar-refractivity contribution in [1.82, 2.24) is 9.97 Å². The number of benzene rings is 1. The molecule has 0 amide bonds. The van der Waals surface area contributed by atoms with Crippen LogP contribution in [0.1, 0.15) is 32.1 Å². The molecular weight excluding hydrogens is 352 g/mol. The van der Waals surface area contributed by atoms with Crippen molar-refractivity contribution in [3.8, 4) is 0 Å². The Morgan fingerprint density at radius 1 is 0.893 bits per heavy atom. The Kier molecular flexibility index (Phi) is 5.32. The van der Waals surface area contributed by atoms with Gasteiger partial charge in [0.2, 0.25) is 0 Å². The minimum Gasteiger partial charge on any atom is -0.381 e. The number of piperidine rings is 1. The SMILES string of the molecule is c1ccc2nc(N3CCC(OCC4CCOC4)CC3)c(N3CCCC3)nc2c1. The van der Waals surface area contributed by atoms with E-state index >= 15 is 0 Å². The molecule has 0 N–H and O–H groups in total. The van der Waals surface area contributed by atoms with Crippen molar-refractivity contribution in [2.75, 3.05) is 55.8 Å². The first-order valence-corrected chi connectivity index (χ1v) is 10.8. The Hall–Kier alpha value is -1.92. The van der Waals surface area contributed by atoms with Gasteiger partial charge in [-0.15, -0.1) is 0 Å². The van der Waals surface area contributed by atoms with Crippen molar-refractivity contribution in [1.29, 1.82) is 0 Å². The number of para-hydroxylation sites is 2. The van der Waals surface area contributed by atoms with Gasteiger partial charge in [-0.25, -0.2) is 9.97 Å². The molecule has 0 spiro atoms. The number of hydrogen-bond donors (Lipinski definition) is 0. The zero-order chi connectivity index (χ0) is 18.8. The summed E-state index contributed by atoms with van der Waals surface area (Å²) in [5, 5.41) is 0. The number of fused-ring (bicyclic) bond motifs is 1. The molecule has 1 aromatic heterocycles. The second-order valence-electron chi connectivity index (χ2n) is 8.30. The zero-order valence-electron chi connectivity index (χ0n) is 16.6. The molecule has 0 saturated carbocycles. The van der Waals surface area contributed by atoms with Gasteiger partial charge in [0.1, 0.15) is 0 Å². The lowest BCUT2D eigenvalue weighted by Gasteiger charge is -2.35. The number of rotatable bonds is 5. The highest BCUT2D eigenvalue weighted by atomic mass is 16.5. The second-order valence-corrected chi connectivity index (χ2v) is 8.30. The standard InChI is InChI=1S/C22H30N4O2/c1-2-6-20-19(5-1)23-21(25-10-3-4-11-25)22(24-20)26-12-7-18(8-13-26)28-16-17-9-14-27-15-17/h1-2,5-6,17-18H,3-4,7-16H2. The van der Waals surface area contributed by atoms with Gasteiger partial charge in [-0.1, -0.05) is 12.1 Å². The Bertz CT molecular complexity index is 794. The molecule has 2 aromatic rings. The first-order chi connectivity index (χ1) is 13.9. The summed E-state index contributed by atoms with van der Waals surface area (Å²) in [6.07, 6.45) is 6.11. The molecule has 150 valence electrons. The van der Waals surface area contributed by atoms with E-state index < -0.39 is 0 Å². The summed E-state index contributed by atoms with van der Waals surface area (Å²) < 4.78 is 11.7. The van der Waals surface area contributed by atoms with Crippen molar-refractivity contribution >= 4 is 22.7 Å². The molecule has 4 heterocycles. The van der Waals surface area contributed by atoms with Gasteiger partial charge >= 0.3 is 0 Å². The molecule has 6 nitrogen and oxygen atoms in total. The lowest BCUT2D eigenvalue weighted by molar-refractivity contribution is 0.0131. The maximum atomic E-state index is 6.20. The highest BCUT2D eigenvalue weighted by Gasteiger charge is 2.27. The molecule has 1 atom stereocenters. The third-order valence-corrected chi connectivity index (χ3v) is 6.27. The largest absolute Gasteiger partial charge is 0.381 e. The Morgan fingerprint density at radius 2 is 1.54 bits per heavy atom. The van der Waals surface area contributed by atoms with Crippen molar-refractivity contribution in [2.24, 2.45) is 5.92 Å². The van der Waals surface area contributed by atoms with Crippen molar-refractivity contribution in [3.05, 3.63) is 24.3 Å². The van der Waals surface area contributed by atoms with Crippen molar-refractivity contribution < 1.29 is 9.47 Å². The smallest absolute Gasteiger partial charge is 0.172 e. The van der Waals surface area contributed by atoms with E-state index in [1.165, 1.54) is 12.8 Å². The molecule has 28 heavy (non-hydrogen) atoms. The molecule has 3 fully saturated rings. The van der Waals surface area contributed by atoms with E-state index in [1.807, 2.05) is 12.1 Å². The fourth-order valence-electron chi connectivity index (χ4n) is 4.56. The van der Waals surface area contributed by atoms with Crippen LogP contribution in [-0.2, 0) is 9.47 Å². The highest BCUT2D eigenvalue weighted by Crippen LogP contribution is 2.32. The maximum Gasteiger partial charge on any atom is 0.172 e. The van der Waals surface area contributed by atoms with Gasteiger partial charge in [0.15, 0.2) is 11.6 Å².